The predicted molar refractivity (Wildman–Crippen MR) is 87.6 cm³/mol. The largest absolute Gasteiger partial charge is 0.573 e. The molecular weight excluding hydrogens is 355 g/mol. The van der Waals surface area contributed by atoms with Gasteiger partial charge in [-0.15, -0.1) is 24.5 Å². The molecule has 0 fully saturated rings. The van der Waals surface area contributed by atoms with Crippen molar-refractivity contribution in [3.05, 3.63) is 63.5 Å². The van der Waals surface area contributed by atoms with Gasteiger partial charge in [0.05, 0.1) is 5.69 Å². The Kier molecular flexibility index (Phi) is 4.78. The van der Waals surface area contributed by atoms with Crippen LogP contribution in [0.25, 0.3) is 4.96 Å². The number of nitrogens with zero attached hydrogens (tertiary/aromatic N) is 3. The summed E-state index contributed by atoms with van der Waals surface area (Å²) in [7, 11) is 1.85. The van der Waals surface area contributed by atoms with E-state index in [0.717, 1.165) is 5.56 Å². The Morgan fingerprint density at radius 2 is 1.96 bits per heavy atom. The zero-order chi connectivity index (χ0) is 18.0. The Morgan fingerprint density at radius 3 is 2.64 bits per heavy atom. The van der Waals surface area contributed by atoms with E-state index >= 15 is 0 Å². The molecule has 2 heterocycles. The molecule has 0 N–H and O–H groups in total. The first-order chi connectivity index (χ1) is 11.8. The van der Waals surface area contributed by atoms with Gasteiger partial charge >= 0.3 is 6.36 Å². The number of aromatic nitrogens is 2. The first-order valence-electron chi connectivity index (χ1n) is 7.29. The van der Waals surface area contributed by atoms with E-state index in [2.05, 4.69) is 9.72 Å². The van der Waals surface area contributed by atoms with Gasteiger partial charge < -0.3 is 4.74 Å². The predicted octanol–water partition coefficient (Wildman–Crippen LogP) is 3.29. The van der Waals surface area contributed by atoms with Crippen LogP contribution < -0.4 is 10.3 Å². The molecule has 2 aromatic heterocycles. The fraction of sp³-hybridized carbons (Fsp3) is 0.250. The topological polar surface area (TPSA) is 46.8 Å². The standard InChI is InChI=1S/C16H14F3N3O2S/c1-21(9-11-2-4-13(5-3-11)24-16(17,18)19)10-12-8-14(23)22-6-7-25-15(22)20-12/h2-8H,9-10H2,1H3. The molecule has 5 nitrogen and oxygen atoms in total. The average Bonchev–Trinajstić information content (AvgIpc) is 2.96. The smallest absolute Gasteiger partial charge is 0.406 e. The van der Waals surface area contributed by atoms with E-state index in [4.69, 9.17) is 0 Å². The minimum atomic E-state index is -4.70. The van der Waals surface area contributed by atoms with Gasteiger partial charge in [-0.2, -0.15) is 0 Å². The van der Waals surface area contributed by atoms with E-state index in [1.807, 2.05) is 11.9 Å². The highest BCUT2D eigenvalue weighted by atomic mass is 32.1. The molecule has 132 valence electrons. The first-order valence-corrected chi connectivity index (χ1v) is 8.17. The Morgan fingerprint density at radius 1 is 1.24 bits per heavy atom. The number of rotatable bonds is 5. The summed E-state index contributed by atoms with van der Waals surface area (Å²) in [6.45, 7) is 0.947. The second kappa shape index (κ2) is 6.85. The lowest BCUT2D eigenvalue weighted by Gasteiger charge is -2.16. The van der Waals surface area contributed by atoms with Crippen LogP contribution in [0.5, 0.6) is 5.75 Å². The van der Waals surface area contributed by atoms with E-state index in [1.54, 1.807) is 23.7 Å². The summed E-state index contributed by atoms with van der Waals surface area (Å²) < 4.78 is 41.8. The summed E-state index contributed by atoms with van der Waals surface area (Å²) in [4.78, 5) is 18.9. The Labute approximate surface area is 144 Å². The van der Waals surface area contributed by atoms with Gasteiger partial charge in [0.15, 0.2) is 4.96 Å². The lowest BCUT2D eigenvalue weighted by molar-refractivity contribution is -0.274. The molecule has 0 aliphatic heterocycles. The van der Waals surface area contributed by atoms with Gasteiger partial charge in [-0.05, 0) is 24.7 Å². The number of ether oxygens (including phenoxy) is 1. The molecule has 0 bridgehead atoms. The van der Waals surface area contributed by atoms with Crippen molar-refractivity contribution in [1.82, 2.24) is 14.3 Å². The lowest BCUT2D eigenvalue weighted by Crippen LogP contribution is -2.21. The Hall–Kier alpha value is -2.39. The zero-order valence-electron chi connectivity index (χ0n) is 13.2. The summed E-state index contributed by atoms with van der Waals surface area (Å²) in [5.41, 5.74) is 1.33. The van der Waals surface area contributed by atoms with Crippen molar-refractivity contribution in [2.24, 2.45) is 0 Å². The van der Waals surface area contributed by atoms with Crippen molar-refractivity contribution in [3.63, 3.8) is 0 Å². The summed E-state index contributed by atoms with van der Waals surface area (Å²) >= 11 is 1.38. The van der Waals surface area contributed by atoms with Crippen LogP contribution in [-0.2, 0) is 13.1 Å². The number of benzene rings is 1. The molecular formula is C16H14F3N3O2S. The maximum atomic E-state index is 12.2. The molecule has 3 aromatic rings. The lowest BCUT2D eigenvalue weighted by atomic mass is 10.2. The van der Waals surface area contributed by atoms with Crippen LogP contribution in [0.1, 0.15) is 11.3 Å². The summed E-state index contributed by atoms with van der Waals surface area (Å²) in [6, 6.07) is 7.18. The van der Waals surface area contributed by atoms with Crippen molar-refractivity contribution >= 4 is 16.3 Å². The van der Waals surface area contributed by atoms with Crippen molar-refractivity contribution in [3.8, 4) is 5.75 Å². The molecule has 0 amide bonds. The van der Waals surface area contributed by atoms with Crippen LogP contribution in [0.2, 0.25) is 0 Å². The molecule has 3 rings (SSSR count). The third kappa shape index (κ3) is 4.58. The molecule has 1 aromatic carbocycles. The molecule has 0 saturated carbocycles. The first kappa shape index (κ1) is 17.4. The molecule has 0 aliphatic rings. The van der Waals surface area contributed by atoms with Crippen molar-refractivity contribution in [2.75, 3.05) is 7.05 Å². The van der Waals surface area contributed by atoms with Crippen molar-refractivity contribution < 1.29 is 17.9 Å². The molecule has 0 unspecified atom stereocenters. The molecule has 0 spiro atoms. The van der Waals surface area contributed by atoms with Gasteiger partial charge in [0.2, 0.25) is 0 Å². The monoisotopic (exact) mass is 369 g/mol. The summed E-state index contributed by atoms with van der Waals surface area (Å²) in [6.07, 6.45) is -3.02. The molecule has 0 saturated heterocycles. The van der Waals surface area contributed by atoms with Gasteiger partial charge in [-0.1, -0.05) is 12.1 Å². The van der Waals surface area contributed by atoms with Crippen LogP contribution in [-0.4, -0.2) is 27.7 Å². The molecule has 25 heavy (non-hydrogen) atoms. The van der Waals surface area contributed by atoms with E-state index < -0.39 is 6.36 Å². The maximum absolute atomic E-state index is 12.2. The van der Waals surface area contributed by atoms with E-state index in [-0.39, 0.29) is 11.3 Å². The van der Waals surface area contributed by atoms with Crippen molar-refractivity contribution in [1.29, 1.82) is 0 Å². The van der Waals surface area contributed by atoms with Crippen molar-refractivity contribution in [2.45, 2.75) is 19.5 Å². The SMILES string of the molecule is CN(Cc1ccc(OC(F)(F)F)cc1)Cc1cc(=O)n2ccsc2n1. The number of thiazole rings is 1. The highest BCUT2D eigenvalue weighted by molar-refractivity contribution is 7.15. The van der Waals surface area contributed by atoms with E-state index in [0.29, 0.717) is 23.7 Å². The van der Waals surface area contributed by atoms with Crippen LogP contribution in [0.15, 0.2) is 46.7 Å². The quantitative estimate of drug-likeness (QED) is 0.693. The normalized spacial score (nSPS) is 12.0. The van der Waals surface area contributed by atoms with Crippen LogP contribution in [0.4, 0.5) is 13.2 Å². The van der Waals surface area contributed by atoms with Gasteiger partial charge in [-0.25, -0.2) is 4.98 Å². The maximum Gasteiger partial charge on any atom is 0.573 e. The third-order valence-corrected chi connectivity index (χ3v) is 4.15. The second-order valence-corrected chi connectivity index (χ2v) is 6.38. The van der Waals surface area contributed by atoms with Crippen LogP contribution >= 0.6 is 11.3 Å². The Balaban J connectivity index is 1.65. The number of alkyl halides is 3. The number of fused-ring (bicyclic) bond motifs is 1. The Bertz CT molecular complexity index is 919. The fourth-order valence-corrected chi connectivity index (χ4v) is 3.15. The minimum absolute atomic E-state index is 0.136. The van der Waals surface area contributed by atoms with Gasteiger partial charge in [0, 0.05) is 30.7 Å². The summed E-state index contributed by atoms with van der Waals surface area (Å²) in [5, 5.41) is 1.79. The highest BCUT2D eigenvalue weighted by Crippen LogP contribution is 2.23. The molecule has 0 radical (unpaired) electrons. The zero-order valence-corrected chi connectivity index (χ0v) is 14.0. The summed E-state index contributed by atoms with van der Waals surface area (Å²) in [5.74, 6) is -0.253. The number of hydrogen-bond donors (Lipinski definition) is 0. The highest BCUT2D eigenvalue weighted by Gasteiger charge is 2.30. The number of halogens is 3. The van der Waals surface area contributed by atoms with Crippen LogP contribution in [0, 0.1) is 0 Å². The van der Waals surface area contributed by atoms with E-state index in [1.165, 1.54) is 33.9 Å². The third-order valence-electron chi connectivity index (χ3n) is 3.40. The fourth-order valence-electron chi connectivity index (χ4n) is 2.41. The minimum Gasteiger partial charge on any atom is -0.406 e. The number of hydrogen-bond acceptors (Lipinski definition) is 5. The molecule has 0 atom stereocenters. The van der Waals surface area contributed by atoms with Gasteiger partial charge in [0.1, 0.15) is 5.75 Å². The molecule has 0 aliphatic carbocycles. The van der Waals surface area contributed by atoms with Gasteiger partial charge in [0.25, 0.3) is 5.56 Å². The molecule has 9 heteroatoms. The van der Waals surface area contributed by atoms with Crippen LogP contribution in [0.3, 0.4) is 0 Å². The van der Waals surface area contributed by atoms with Gasteiger partial charge in [-0.3, -0.25) is 14.1 Å². The average molecular weight is 369 g/mol. The second-order valence-electron chi connectivity index (χ2n) is 5.51. The van der Waals surface area contributed by atoms with E-state index in [9.17, 15) is 18.0 Å².